The maximum atomic E-state index is 13.7. The standard InChI is InChI=1S/C30H33N3O/c1-5-21(3)23-17-19-24(20-18-23)27(6-2)31-30(34)28-22(4)33(26-15-11-8-12-16-26)32-29(28)25-13-9-7-10-14-25/h7-21,27H,5-6H2,1-4H3,(H,31,34). The van der Waals surface area contributed by atoms with Crippen LogP contribution >= 0.6 is 0 Å². The van der Waals surface area contributed by atoms with E-state index in [1.165, 1.54) is 5.56 Å². The fourth-order valence-electron chi connectivity index (χ4n) is 4.34. The van der Waals surface area contributed by atoms with E-state index in [9.17, 15) is 4.79 Å². The highest BCUT2D eigenvalue weighted by Crippen LogP contribution is 2.29. The van der Waals surface area contributed by atoms with Crippen LogP contribution in [0.5, 0.6) is 0 Å². The molecule has 0 saturated carbocycles. The Morgan fingerprint density at radius 1 is 0.853 bits per heavy atom. The highest BCUT2D eigenvalue weighted by molar-refractivity contribution is 6.01. The van der Waals surface area contributed by atoms with Crippen molar-refractivity contribution < 1.29 is 4.79 Å². The van der Waals surface area contributed by atoms with Crippen molar-refractivity contribution in [1.29, 1.82) is 0 Å². The molecule has 0 spiro atoms. The first-order chi connectivity index (χ1) is 16.5. The maximum Gasteiger partial charge on any atom is 0.255 e. The van der Waals surface area contributed by atoms with Crippen LogP contribution in [0.1, 0.15) is 72.8 Å². The Morgan fingerprint density at radius 2 is 1.44 bits per heavy atom. The summed E-state index contributed by atoms with van der Waals surface area (Å²) in [6.45, 7) is 8.51. The molecular weight excluding hydrogens is 418 g/mol. The highest BCUT2D eigenvalue weighted by Gasteiger charge is 2.25. The first-order valence-corrected chi connectivity index (χ1v) is 12.1. The molecule has 4 aromatic rings. The van der Waals surface area contributed by atoms with Gasteiger partial charge in [-0.3, -0.25) is 4.79 Å². The zero-order chi connectivity index (χ0) is 24.1. The summed E-state index contributed by atoms with van der Waals surface area (Å²) in [5, 5.41) is 8.16. The molecule has 1 heterocycles. The molecule has 0 aliphatic rings. The van der Waals surface area contributed by atoms with Crippen LogP contribution in [0.2, 0.25) is 0 Å². The molecule has 0 radical (unpaired) electrons. The summed E-state index contributed by atoms with van der Waals surface area (Å²) < 4.78 is 1.86. The minimum Gasteiger partial charge on any atom is -0.345 e. The van der Waals surface area contributed by atoms with Crippen LogP contribution in [-0.2, 0) is 0 Å². The smallest absolute Gasteiger partial charge is 0.255 e. The lowest BCUT2D eigenvalue weighted by molar-refractivity contribution is 0.0935. The SMILES string of the molecule is CCC(C)c1ccc(C(CC)NC(=O)c2c(-c3ccccc3)nn(-c3ccccc3)c2C)cc1. The fourth-order valence-corrected chi connectivity index (χ4v) is 4.34. The molecule has 2 atom stereocenters. The maximum absolute atomic E-state index is 13.7. The molecular formula is C30H33N3O. The molecule has 0 bridgehead atoms. The Bertz CT molecular complexity index is 1230. The molecule has 174 valence electrons. The molecule has 0 aliphatic heterocycles. The summed E-state index contributed by atoms with van der Waals surface area (Å²) in [4.78, 5) is 13.7. The number of rotatable bonds is 8. The topological polar surface area (TPSA) is 46.9 Å². The van der Waals surface area contributed by atoms with Gasteiger partial charge in [0.15, 0.2) is 0 Å². The fraction of sp³-hybridized carbons (Fsp3) is 0.267. The van der Waals surface area contributed by atoms with E-state index in [0.29, 0.717) is 17.2 Å². The van der Waals surface area contributed by atoms with Crippen molar-refractivity contribution >= 4 is 5.91 Å². The molecule has 4 nitrogen and oxygen atoms in total. The number of carbonyl (C=O) groups excluding carboxylic acids is 1. The minimum atomic E-state index is -0.101. The van der Waals surface area contributed by atoms with Crippen LogP contribution in [0.25, 0.3) is 16.9 Å². The van der Waals surface area contributed by atoms with Crippen LogP contribution in [0, 0.1) is 6.92 Å². The number of hydrogen-bond acceptors (Lipinski definition) is 2. The monoisotopic (exact) mass is 451 g/mol. The summed E-state index contributed by atoms with van der Waals surface area (Å²) in [6, 6.07) is 28.5. The first kappa shape index (κ1) is 23.5. The summed E-state index contributed by atoms with van der Waals surface area (Å²) in [5.41, 5.74) is 6.45. The second kappa shape index (κ2) is 10.5. The second-order valence-corrected chi connectivity index (χ2v) is 8.83. The summed E-state index contributed by atoms with van der Waals surface area (Å²) in [5.74, 6) is 0.431. The van der Waals surface area contributed by atoms with Gasteiger partial charge in [0.2, 0.25) is 0 Å². The lowest BCUT2D eigenvalue weighted by Crippen LogP contribution is -2.29. The largest absolute Gasteiger partial charge is 0.345 e. The predicted octanol–water partition coefficient (Wildman–Crippen LogP) is 7.24. The van der Waals surface area contributed by atoms with Gasteiger partial charge >= 0.3 is 0 Å². The van der Waals surface area contributed by atoms with Gasteiger partial charge in [-0.05, 0) is 48.9 Å². The average Bonchev–Trinajstić information content (AvgIpc) is 3.25. The van der Waals surface area contributed by atoms with E-state index in [1.807, 2.05) is 72.3 Å². The van der Waals surface area contributed by atoms with E-state index in [-0.39, 0.29) is 11.9 Å². The van der Waals surface area contributed by atoms with Gasteiger partial charge in [0.25, 0.3) is 5.91 Å². The van der Waals surface area contributed by atoms with Crippen molar-refractivity contribution in [3.05, 3.63) is 107 Å². The van der Waals surface area contributed by atoms with Gasteiger partial charge in [-0.2, -0.15) is 5.10 Å². The second-order valence-electron chi connectivity index (χ2n) is 8.83. The molecule has 1 amide bonds. The number of carbonyl (C=O) groups is 1. The normalized spacial score (nSPS) is 12.8. The Labute approximate surface area is 202 Å². The number of aromatic nitrogens is 2. The molecule has 0 saturated heterocycles. The van der Waals surface area contributed by atoms with E-state index < -0.39 is 0 Å². The van der Waals surface area contributed by atoms with E-state index in [0.717, 1.165) is 35.3 Å². The number of benzene rings is 3. The molecule has 0 fully saturated rings. The Hall–Kier alpha value is -3.66. The molecule has 4 heteroatoms. The van der Waals surface area contributed by atoms with E-state index >= 15 is 0 Å². The summed E-state index contributed by atoms with van der Waals surface area (Å²) in [6.07, 6.45) is 1.92. The molecule has 0 aliphatic carbocycles. The van der Waals surface area contributed by atoms with Crippen molar-refractivity contribution in [2.24, 2.45) is 0 Å². The van der Waals surface area contributed by atoms with Crippen molar-refractivity contribution in [2.75, 3.05) is 0 Å². The molecule has 2 unspecified atom stereocenters. The Kier molecular flexibility index (Phi) is 7.27. The van der Waals surface area contributed by atoms with Crippen LogP contribution < -0.4 is 5.32 Å². The van der Waals surface area contributed by atoms with Crippen LogP contribution in [-0.4, -0.2) is 15.7 Å². The third kappa shape index (κ3) is 4.81. The number of amides is 1. The Balaban J connectivity index is 1.70. The van der Waals surface area contributed by atoms with Gasteiger partial charge < -0.3 is 5.32 Å². The minimum absolute atomic E-state index is 0.0680. The van der Waals surface area contributed by atoms with E-state index in [4.69, 9.17) is 5.10 Å². The van der Waals surface area contributed by atoms with Gasteiger partial charge in [0.1, 0.15) is 5.69 Å². The third-order valence-corrected chi connectivity index (χ3v) is 6.63. The van der Waals surface area contributed by atoms with E-state index in [1.54, 1.807) is 0 Å². The molecule has 34 heavy (non-hydrogen) atoms. The van der Waals surface area contributed by atoms with Gasteiger partial charge in [-0.1, -0.05) is 93.6 Å². The number of hydrogen-bond donors (Lipinski definition) is 1. The summed E-state index contributed by atoms with van der Waals surface area (Å²) in [7, 11) is 0. The van der Waals surface area contributed by atoms with Crippen molar-refractivity contribution in [1.82, 2.24) is 15.1 Å². The lowest BCUT2D eigenvalue weighted by Gasteiger charge is -2.19. The number of para-hydroxylation sites is 1. The van der Waals surface area contributed by atoms with Crippen molar-refractivity contribution in [3.8, 4) is 16.9 Å². The zero-order valence-corrected chi connectivity index (χ0v) is 20.5. The van der Waals surface area contributed by atoms with Crippen molar-refractivity contribution in [3.63, 3.8) is 0 Å². The molecule has 1 N–H and O–H groups in total. The lowest BCUT2D eigenvalue weighted by atomic mass is 9.95. The van der Waals surface area contributed by atoms with Gasteiger partial charge in [-0.25, -0.2) is 4.68 Å². The number of nitrogens with zero attached hydrogens (tertiary/aromatic N) is 2. The summed E-state index contributed by atoms with van der Waals surface area (Å²) >= 11 is 0. The molecule has 4 rings (SSSR count). The van der Waals surface area contributed by atoms with Gasteiger partial charge in [0.05, 0.1) is 23.0 Å². The van der Waals surface area contributed by atoms with Crippen LogP contribution in [0.3, 0.4) is 0 Å². The predicted molar refractivity (Wildman–Crippen MR) is 139 cm³/mol. The van der Waals surface area contributed by atoms with Crippen LogP contribution in [0.15, 0.2) is 84.9 Å². The first-order valence-electron chi connectivity index (χ1n) is 12.1. The average molecular weight is 452 g/mol. The quantitative estimate of drug-likeness (QED) is 0.307. The van der Waals surface area contributed by atoms with Crippen molar-refractivity contribution in [2.45, 2.75) is 52.5 Å². The van der Waals surface area contributed by atoms with E-state index in [2.05, 4.69) is 50.4 Å². The molecule has 1 aromatic heterocycles. The van der Waals surface area contributed by atoms with Gasteiger partial charge in [0, 0.05) is 5.56 Å². The number of nitrogens with one attached hydrogen (secondary N) is 1. The third-order valence-electron chi connectivity index (χ3n) is 6.63. The highest BCUT2D eigenvalue weighted by atomic mass is 16.1. The zero-order valence-electron chi connectivity index (χ0n) is 20.5. The molecule has 3 aromatic carbocycles. The van der Waals surface area contributed by atoms with Gasteiger partial charge in [-0.15, -0.1) is 0 Å². The van der Waals surface area contributed by atoms with Crippen LogP contribution in [0.4, 0.5) is 0 Å². The Morgan fingerprint density at radius 3 is 2.03 bits per heavy atom.